The third kappa shape index (κ3) is 5.46. The van der Waals surface area contributed by atoms with Crippen LogP contribution in [-0.4, -0.2) is 19.0 Å². The lowest BCUT2D eigenvalue weighted by Gasteiger charge is -2.19. The van der Waals surface area contributed by atoms with E-state index >= 15 is 0 Å². The van der Waals surface area contributed by atoms with Gasteiger partial charge < -0.3 is 10.6 Å². The number of carbonyl (C=O) groups excluding carboxylic acids is 1. The van der Waals surface area contributed by atoms with Crippen molar-refractivity contribution in [3.63, 3.8) is 0 Å². The maximum atomic E-state index is 13.0. The minimum absolute atomic E-state index is 0.0878. The summed E-state index contributed by atoms with van der Waals surface area (Å²) in [6.45, 7) is 5.54. The molecule has 0 aromatic heterocycles. The SMILES string of the molecule is CC(C)CNC(=O)CCNC(c1ccc(F)cc1)C1CC1. The van der Waals surface area contributed by atoms with Gasteiger partial charge in [-0.25, -0.2) is 4.39 Å². The van der Waals surface area contributed by atoms with Gasteiger partial charge in [0, 0.05) is 25.6 Å². The van der Waals surface area contributed by atoms with Crippen LogP contribution in [0.5, 0.6) is 0 Å². The van der Waals surface area contributed by atoms with Gasteiger partial charge in [0.2, 0.25) is 5.91 Å². The molecule has 2 rings (SSSR count). The Morgan fingerprint density at radius 3 is 2.52 bits per heavy atom. The van der Waals surface area contributed by atoms with E-state index in [4.69, 9.17) is 0 Å². The number of amides is 1. The van der Waals surface area contributed by atoms with Crippen molar-refractivity contribution in [1.82, 2.24) is 10.6 Å². The van der Waals surface area contributed by atoms with Gasteiger partial charge >= 0.3 is 0 Å². The molecular formula is C17H25FN2O. The van der Waals surface area contributed by atoms with E-state index in [1.807, 2.05) is 12.1 Å². The Kier molecular flexibility index (Phi) is 5.74. The van der Waals surface area contributed by atoms with Crippen molar-refractivity contribution in [1.29, 1.82) is 0 Å². The summed E-state index contributed by atoms with van der Waals surface area (Å²) in [5, 5.41) is 6.37. The molecule has 21 heavy (non-hydrogen) atoms. The molecule has 0 spiro atoms. The lowest BCUT2D eigenvalue weighted by molar-refractivity contribution is -0.121. The van der Waals surface area contributed by atoms with Gasteiger partial charge in [0.25, 0.3) is 0 Å². The number of hydrogen-bond acceptors (Lipinski definition) is 2. The predicted octanol–water partition coefficient (Wildman–Crippen LogP) is 3.03. The van der Waals surface area contributed by atoms with Crippen LogP contribution in [0.15, 0.2) is 24.3 Å². The molecule has 4 heteroatoms. The first-order valence-electron chi connectivity index (χ1n) is 7.82. The normalized spacial score (nSPS) is 16.0. The fourth-order valence-electron chi connectivity index (χ4n) is 2.40. The van der Waals surface area contributed by atoms with Gasteiger partial charge in [0.1, 0.15) is 5.82 Å². The van der Waals surface area contributed by atoms with Crippen molar-refractivity contribution < 1.29 is 9.18 Å². The van der Waals surface area contributed by atoms with Crippen LogP contribution in [0.1, 0.15) is 44.7 Å². The maximum absolute atomic E-state index is 13.0. The van der Waals surface area contributed by atoms with E-state index in [1.165, 1.54) is 25.0 Å². The molecule has 0 bridgehead atoms. The average Bonchev–Trinajstić information content (AvgIpc) is 3.27. The Balaban J connectivity index is 1.79. The zero-order chi connectivity index (χ0) is 15.2. The van der Waals surface area contributed by atoms with Gasteiger partial charge in [-0.3, -0.25) is 4.79 Å². The van der Waals surface area contributed by atoms with Crippen LogP contribution < -0.4 is 10.6 Å². The molecule has 3 nitrogen and oxygen atoms in total. The summed E-state index contributed by atoms with van der Waals surface area (Å²) in [5.41, 5.74) is 1.11. The highest BCUT2D eigenvalue weighted by Crippen LogP contribution is 2.40. The topological polar surface area (TPSA) is 41.1 Å². The highest BCUT2D eigenvalue weighted by atomic mass is 19.1. The molecule has 1 unspecified atom stereocenters. The van der Waals surface area contributed by atoms with E-state index in [9.17, 15) is 9.18 Å². The fourth-order valence-corrected chi connectivity index (χ4v) is 2.40. The van der Waals surface area contributed by atoms with Crippen LogP contribution in [-0.2, 0) is 4.79 Å². The molecule has 0 saturated heterocycles. The van der Waals surface area contributed by atoms with Crippen LogP contribution in [0.4, 0.5) is 4.39 Å². The summed E-state index contributed by atoms with van der Waals surface area (Å²) in [4.78, 5) is 11.7. The van der Waals surface area contributed by atoms with Gasteiger partial charge in [0.05, 0.1) is 0 Å². The molecular weight excluding hydrogens is 267 g/mol. The Labute approximate surface area is 126 Å². The standard InChI is InChI=1S/C17H25FN2O/c1-12(2)11-20-16(21)9-10-19-17(13-3-4-13)14-5-7-15(18)8-6-14/h5-8,12-13,17,19H,3-4,9-11H2,1-2H3,(H,20,21). The molecule has 1 amide bonds. The highest BCUT2D eigenvalue weighted by molar-refractivity contribution is 5.76. The molecule has 1 aromatic carbocycles. The van der Waals surface area contributed by atoms with Crippen molar-refractivity contribution in [2.24, 2.45) is 11.8 Å². The van der Waals surface area contributed by atoms with E-state index < -0.39 is 0 Å². The molecule has 1 fully saturated rings. The second-order valence-electron chi connectivity index (χ2n) is 6.27. The first-order chi connectivity index (χ1) is 10.1. The van der Waals surface area contributed by atoms with Gasteiger partial charge in [-0.2, -0.15) is 0 Å². The molecule has 1 aromatic rings. The lowest BCUT2D eigenvalue weighted by atomic mass is 10.0. The summed E-state index contributed by atoms with van der Waals surface area (Å²) in [6, 6.07) is 6.92. The van der Waals surface area contributed by atoms with Gasteiger partial charge in [-0.15, -0.1) is 0 Å². The van der Waals surface area contributed by atoms with Gasteiger partial charge in [-0.05, 0) is 42.4 Å². The summed E-state index contributed by atoms with van der Waals surface area (Å²) < 4.78 is 13.0. The van der Waals surface area contributed by atoms with Crippen molar-refractivity contribution in [2.45, 2.75) is 39.2 Å². The van der Waals surface area contributed by atoms with E-state index in [-0.39, 0.29) is 17.8 Å². The monoisotopic (exact) mass is 292 g/mol. The molecule has 0 aliphatic heterocycles. The fraction of sp³-hybridized carbons (Fsp3) is 0.588. The number of halogens is 1. The average molecular weight is 292 g/mol. The quantitative estimate of drug-likeness (QED) is 0.773. The van der Waals surface area contributed by atoms with E-state index in [0.29, 0.717) is 24.8 Å². The second kappa shape index (κ2) is 7.55. The molecule has 1 atom stereocenters. The van der Waals surface area contributed by atoms with Crippen molar-refractivity contribution in [3.8, 4) is 0 Å². The van der Waals surface area contributed by atoms with Crippen molar-refractivity contribution in [2.75, 3.05) is 13.1 Å². The number of rotatable bonds is 8. The first-order valence-corrected chi connectivity index (χ1v) is 7.82. The smallest absolute Gasteiger partial charge is 0.221 e. The first kappa shape index (κ1) is 16.0. The molecule has 2 N–H and O–H groups in total. The second-order valence-corrected chi connectivity index (χ2v) is 6.27. The zero-order valence-electron chi connectivity index (χ0n) is 12.9. The van der Waals surface area contributed by atoms with Gasteiger partial charge in [0.15, 0.2) is 0 Å². The molecule has 1 aliphatic rings. The summed E-state index contributed by atoms with van der Waals surface area (Å²) >= 11 is 0. The predicted molar refractivity (Wildman–Crippen MR) is 82.3 cm³/mol. The molecule has 1 saturated carbocycles. The highest BCUT2D eigenvalue weighted by Gasteiger charge is 2.31. The lowest BCUT2D eigenvalue weighted by Crippen LogP contribution is -2.32. The summed E-state index contributed by atoms with van der Waals surface area (Å²) in [6.07, 6.45) is 2.89. The van der Waals surface area contributed by atoms with Crippen LogP contribution in [0.3, 0.4) is 0 Å². The molecule has 116 valence electrons. The van der Waals surface area contributed by atoms with E-state index in [0.717, 1.165) is 12.1 Å². The van der Waals surface area contributed by atoms with E-state index in [2.05, 4.69) is 24.5 Å². The Hall–Kier alpha value is -1.42. The van der Waals surface area contributed by atoms with Crippen molar-refractivity contribution >= 4 is 5.91 Å². The Morgan fingerprint density at radius 2 is 1.95 bits per heavy atom. The van der Waals surface area contributed by atoms with Crippen LogP contribution in [0.2, 0.25) is 0 Å². The number of carbonyl (C=O) groups is 1. The third-order valence-electron chi connectivity index (χ3n) is 3.75. The Morgan fingerprint density at radius 1 is 1.29 bits per heavy atom. The third-order valence-corrected chi connectivity index (χ3v) is 3.75. The molecule has 1 aliphatic carbocycles. The number of benzene rings is 1. The summed E-state index contributed by atoms with van der Waals surface area (Å²) in [7, 11) is 0. The Bertz CT molecular complexity index is 454. The minimum Gasteiger partial charge on any atom is -0.356 e. The number of nitrogens with one attached hydrogen (secondary N) is 2. The minimum atomic E-state index is -0.207. The van der Waals surface area contributed by atoms with E-state index in [1.54, 1.807) is 0 Å². The van der Waals surface area contributed by atoms with Crippen LogP contribution >= 0.6 is 0 Å². The molecule has 0 heterocycles. The maximum Gasteiger partial charge on any atom is 0.221 e. The summed E-state index contributed by atoms with van der Waals surface area (Å²) in [5.74, 6) is 0.973. The van der Waals surface area contributed by atoms with Crippen molar-refractivity contribution in [3.05, 3.63) is 35.6 Å². The largest absolute Gasteiger partial charge is 0.356 e. The molecule has 0 radical (unpaired) electrons. The zero-order valence-corrected chi connectivity index (χ0v) is 12.9. The van der Waals surface area contributed by atoms with Crippen LogP contribution in [0.25, 0.3) is 0 Å². The van der Waals surface area contributed by atoms with Gasteiger partial charge in [-0.1, -0.05) is 26.0 Å². The van der Waals surface area contributed by atoms with Crippen LogP contribution in [0, 0.1) is 17.7 Å². The number of hydrogen-bond donors (Lipinski definition) is 2.